The molecule has 0 unspecified atom stereocenters. The minimum Gasteiger partial charge on any atom is -0.311 e. The van der Waals surface area contributed by atoms with Crippen LogP contribution in [0.15, 0.2) is 91.0 Å². The molecule has 39 heavy (non-hydrogen) atoms. The fourth-order valence-electron chi connectivity index (χ4n) is 4.56. The van der Waals surface area contributed by atoms with E-state index in [4.69, 9.17) is 0 Å². The lowest BCUT2D eigenvalue weighted by Crippen LogP contribution is -2.40. The molecule has 10 heteroatoms. The molecular formula is C29H20F9N. The molecule has 0 amide bonds. The van der Waals surface area contributed by atoms with E-state index in [0.29, 0.717) is 29.3 Å². The number of halogens is 9. The summed E-state index contributed by atoms with van der Waals surface area (Å²) in [6.07, 6.45) is -9.81. The lowest BCUT2D eigenvalue weighted by molar-refractivity contribution is -0.140. The maximum Gasteiger partial charge on any atom is 0.419 e. The van der Waals surface area contributed by atoms with Crippen LogP contribution in [0.5, 0.6) is 0 Å². The minimum atomic E-state index is -4.93. The van der Waals surface area contributed by atoms with Crippen LogP contribution in [-0.2, 0) is 24.3 Å². The van der Waals surface area contributed by atoms with E-state index in [-0.39, 0.29) is 24.2 Å². The van der Waals surface area contributed by atoms with Crippen LogP contribution in [0.2, 0.25) is 0 Å². The first-order chi connectivity index (χ1) is 18.3. The van der Waals surface area contributed by atoms with Crippen LogP contribution in [0, 0.1) is 17.5 Å². The Morgan fingerprint density at radius 1 is 0.538 bits per heavy atom. The second kappa shape index (κ2) is 10.8. The Hall–Kier alpha value is -3.79. The molecule has 0 heterocycles. The Morgan fingerprint density at radius 2 is 1.15 bits per heavy atom. The molecule has 0 saturated heterocycles. The van der Waals surface area contributed by atoms with Crippen molar-refractivity contribution in [2.24, 2.45) is 0 Å². The van der Waals surface area contributed by atoms with Crippen LogP contribution in [0.4, 0.5) is 39.5 Å². The predicted molar refractivity (Wildman–Crippen MR) is 127 cm³/mol. The van der Waals surface area contributed by atoms with Gasteiger partial charge in [0, 0.05) is 13.1 Å². The third kappa shape index (κ3) is 6.11. The number of alkyl halides is 6. The predicted octanol–water partition coefficient (Wildman–Crippen LogP) is 8.27. The molecule has 0 bridgehead atoms. The Balaban J connectivity index is 1.86. The van der Waals surface area contributed by atoms with Gasteiger partial charge in [0.15, 0.2) is 0 Å². The van der Waals surface area contributed by atoms with Gasteiger partial charge in [-0.2, -0.15) is 26.3 Å². The van der Waals surface area contributed by atoms with E-state index in [1.54, 1.807) is 30.3 Å². The summed E-state index contributed by atoms with van der Waals surface area (Å²) in [6.45, 7) is -0.470. The Bertz CT molecular complexity index is 1430. The second-order valence-corrected chi connectivity index (χ2v) is 8.92. The molecule has 0 saturated carbocycles. The standard InChI is InChI=1S/C29H20F9N/c30-23-9-7-20(8-10-23)27(19-4-2-1-3-5-19,21-13-22(28(33,34)35)15-24(31)14-21)17-39-16-18-6-11-26(32)25(12-18)29(36,37)38/h1-15,39H,16-17H2/t27-/m0/s1. The van der Waals surface area contributed by atoms with E-state index >= 15 is 0 Å². The van der Waals surface area contributed by atoms with E-state index in [0.717, 1.165) is 30.3 Å². The molecule has 0 aliphatic heterocycles. The maximum absolute atomic E-state index is 14.6. The minimum absolute atomic E-state index is 0.0556. The number of rotatable bonds is 7. The molecule has 1 nitrogen and oxygen atoms in total. The average Bonchev–Trinajstić information content (AvgIpc) is 2.87. The fraction of sp³-hybridized carbons (Fsp3) is 0.172. The van der Waals surface area contributed by atoms with Crippen molar-refractivity contribution in [3.8, 4) is 0 Å². The zero-order valence-electron chi connectivity index (χ0n) is 20.0. The summed E-state index contributed by atoms with van der Waals surface area (Å²) in [4.78, 5) is 0. The quantitative estimate of drug-likeness (QED) is 0.180. The topological polar surface area (TPSA) is 12.0 Å². The molecule has 4 aromatic rings. The van der Waals surface area contributed by atoms with Crippen LogP contribution in [0.1, 0.15) is 33.4 Å². The highest BCUT2D eigenvalue weighted by Crippen LogP contribution is 2.42. The average molecular weight is 553 g/mol. The van der Waals surface area contributed by atoms with E-state index in [1.165, 1.54) is 12.1 Å². The molecule has 0 aliphatic rings. The van der Waals surface area contributed by atoms with Gasteiger partial charge < -0.3 is 5.32 Å². The van der Waals surface area contributed by atoms with Gasteiger partial charge in [-0.1, -0.05) is 48.5 Å². The van der Waals surface area contributed by atoms with E-state index in [2.05, 4.69) is 5.32 Å². The third-order valence-electron chi connectivity index (χ3n) is 6.38. The second-order valence-electron chi connectivity index (χ2n) is 8.92. The van der Waals surface area contributed by atoms with Gasteiger partial charge in [-0.05, 0) is 64.7 Å². The van der Waals surface area contributed by atoms with Crippen molar-refractivity contribution in [2.75, 3.05) is 6.54 Å². The molecule has 4 aromatic carbocycles. The fourth-order valence-corrected chi connectivity index (χ4v) is 4.56. The molecule has 204 valence electrons. The van der Waals surface area contributed by atoms with Crippen molar-refractivity contribution < 1.29 is 39.5 Å². The molecule has 0 fully saturated rings. The van der Waals surface area contributed by atoms with Crippen LogP contribution < -0.4 is 5.32 Å². The maximum atomic E-state index is 14.6. The largest absolute Gasteiger partial charge is 0.419 e. The van der Waals surface area contributed by atoms with Crippen molar-refractivity contribution in [3.63, 3.8) is 0 Å². The number of nitrogens with one attached hydrogen (secondary N) is 1. The van der Waals surface area contributed by atoms with Gasteiger partial charge in [0.1, 0.15) is 17.5 Å². The van der Waals surface area contributed by atoms with Gasteiger partial charge in [0.05, 0.1) is 16.5 Å². The summed E-state index contributed by atoms with van der Waals surface area (Å²) in [6, 6.07) is 17.5. The smallest absolute Gasteiger partial charge is 0.311 e. The molecule has 0 spiro atoms. The van der Waals surface area contributed by atoms with Crippen molar-refractivity contribution in [2.45, 2.75) is 24.3 Å². The van der Waals surface area contributed by atoms with Crippen molar-refractivity contribution in [3.05, 3.63) is 142 Å². The van der Waals surface area contributed by atoms with Crippen molar-refractivity contribution >= 4 is 0 Å². The highest BCUT2D eigenvalue weighted by molar-refractivity contribution is 5.52. The number of hydrogen-bond donors (Lipinski definition) is 1. The van der Waals surface area contributed by atoms with Gasteiger partial charge in [-0.15, -0.1) is 0 Å². The van der Waals surface area contributed by atoms with Crippen LogP contribution >= 0.6 is 0 Å². The highest BCUT2D eigenvalue weighted by atomic mass is 19.4. The zero-order valence-corrected chi connectivity index (χ0v) is 20.0. The highest BCUT2D eigenvalue weighted by Gasteiger charge is 2.40. The summed E-state index contributed by atoms with van der Waals surface area (Å²) in [5.74, 6) is -3.22. The van der Waals surface area contributed by atoms with Gasteiger partial charge in [-0.25, -0.2) is 13.2 Å². The molecular weight excluding hydrogens is 533 g/mol. The molecule has 1 atom stereocenters. The molecule has 0 radical (unpaired) electrons. The normalized spacial score (nSPS) is 13.8. The first-order valence-electron chi connectivity index (χ1n) is 11.6. The van der Waals surface area contributed by atoms with E-state index < -0.39 is 46.3 Å². The van der Waals surface area contributed by atoms with E-state index in [9.17, 15) is 39.5 Å². The number of hydrogen-bond acceptors (Lipinski definition) is 1. The zero-order chi connectivity index (χ0) is 28.4. The summed E-state index contributed by atoms with van der Waals surface area (Å²) in [5.41, 5.74) is -3.59. The molecule has 0 aliphatic carbocycles. The van der Waals surface area contributed by atoms with Gasteiger partial charge in [-0.3, -0.25) is 0 Å². The molecule has 4 rings (SSSR count). The van der Waals surface area contributed by atoms with E-state index in [1.807, 2.05) is 0 Å². The summed E-state index contributed by atoms with van der Waals surface area (Å²) < 4.78 is 123. The van der Waals surface area contributed by atoms with Gasteiger partial charge in [0.2, 0.25) is 0 Å². The van der Waals surface area contributed by atoms with Crippen LogP contribution in [0.25, 0.3) is 0 Å². The number of benzene rings is 4. The first-order valence-corrected chi connectivity index (χ1v) is 11.6. The summed E-state index contributed by atoms with van der Waals surface area (Å²) in [5, 5.41) is 2.94. The lowest BCUT2D eigenvalue weighted by atomic mass is 9.69. The van der Waals surface area contributed by atoms with Gasteiger partial charge >= 0.3 is 12.4 Å². The Morgan fingerprint density at radius 3 is 1.77 bits per heavy atom. The summed E-state index contributed by atoms with van der Waals surface area (Å²) >= 11 is 0. The SMILES string of the molecule is Fc1ccc([C@](CNCc2ccc(F)c(C(F)(F)F)c2)(c2ccccc2)c2cc(F)cc(C(F)(F)F)c2)cc1. The Kier molecular flexibility index (Phi) is 7.79. The monoisotopic (exact) mass is 553 g/mol. The van der Waals surface area contributed by atoms with Crippen molar-refractivity contribution in [1.29, 1.82) is 0 Å². The first kappa shape index (κ1) is 28.2. The van der Waals surface area contributed by atoms with Crippen molar-refractivity contribution in [1.82, 2.24) is 5.32 Å². The summed E-state index contributed by atoms with van der Waals surface area (Å²) in [7, 11) is 0. The van der Waals surface area contributed by atoms with Crippen LogP contribution in [-0.4, -0.2) is 6.54 Å². The molecule has 0 aromatic heterocycles. The third-order valence-corrected chi connectivity index (χ3v) is 6.38. The Labute approximate surface area is 217 Å². The molecule has 1 N–H and O–H groups in total. The van der Waals surface area contributed by atoms with Crippen LogP contribution in [0.3, 0.4) is 0 Å². The lowest BCUT2D eigenvalue weighted by Gasteiger charge is -2.37. The van der Waals surface area contributed by atoms with Gasteiger partial charge in [0.25, 0.3) is 0 Å².